The third-order valence-corrected chi connectivity index (χ3v) is 4.87. The molecule has 0 amide bonds. The summed E-state index contributed by atoms with van der Waals surface area (Å²) in [6.07, 6.45) is 1.33. The van der Waals surface area contributed by atoms with Crippen LogP contribution in [0.1, 0.15) is 24.3 Å². The molecule has 6 heteroatoms. The van der Waals surface area contributed by atoms with Crippen LogP contribution in [0.4, 0.5) is 0 Å². The second kappa shape index (κ2) is 5.07. The van der Waals surface area contributed by atoms with E-state index in [-0.39, 0.29) is 11.8 Å². The number of benzene rings is 1. The highest BCUT2D eigenvalue weighted by molar-refractivity contribution is 7.90. The van der Waals surface area contributed by atoms with Gasteiger partial charge in [-0.15, -0.1) is 0 Å². The van der Waals surface area contributed by atoms with Crippen molar-refractivity contribution in [3.8, 4) is 0 Å². The first kappa shape index (κ1) is 13.0. The topological polar surface area (TPSA) is 83.5 Å². The summed E-state index contributed by atoms with van der Waals surface area (Å²) in [5.41, 5.74) is 0.600. The van der Waals surface area contributed by atoms with Crippen molar-refractivity contribution in [2.24, 2.45) is 0 Å². The Morgan fingerprint density at radius 3 is 2.44 bits per heavy atom. The van der Waals surface area contributed by atoms with Crippen LogP contribution in [-0.4, -0.2) is 31.3 Å². The van der Waals surface area contributed by atoms with Crippen LogP contribution in [0.3, 0.4) is 0 Å². The molecule has 0 radical (unpaired) electrons. The molecule has 1 unspecified atom stereocenters. The minimum atomic E-state index is -3.34. The number of sulfonamides is 1. The first-order valence-corrected chi connectivity index (χ1v) is 7.31. The predicted molar refractivity (Wildman–Crippen MR) is 66.8 cm³/mol. The Morgan fingerprint density at radius 1 is 1.33 bits per heavy atom. The molecule has 1 aliphatic rings. The summed E-state index contributed by atoms with van der Waals surface area (Å²) in [5.74, 6) is -1.88. The maximum atomic E-state index is 11.6. The van der Waals surface area contributed by atoms with Gasteiger partial charge >= 0.3 is 5.97 Å². The number of nitrogens with one attached hydrogen (secondary N) is 1. The molecule has 0 aliphatic heterocycles. The quantitative estimate of drug-likeness (QED) is 0.805. The van der Waals surface area contributed by atoms with Gasteiger partial charge in [-0.3, -0.25) is 4.79 Å². The van der Waals surface area contributed by atoms with Gasteiger partial charge in [0.15, 0.2) is 0 Å². The minimum Gasteiger partial charge on any atom is -0.481 e. The van der Waals surface area contributed by atoms with Gasteiger partial charge in [0.25, 0.3) is 0 Å². The van der Waals surface area contributed by atoms with Crippen molar-refractivity contribution in [2.45, 2.75) is 24.0 Å². The van der Waals surface area contributed by atoms with E-state index in [1.807, 2.05) is 0 Å². The van der Waals surface area contributed by atoms with Gasteiger partial charge in [0.1, 0.15) is 0 Å². The Kier molecular flexibility index (Phi) is 3.68. The van der Waals surface area contributed by atoms with Crippen molar-refractivity contribution < 1.29 is 18.3 Å². The molecule has 0 saturated heterocycles. The fraction of sp³-hybridized carbons (Fsp3) is 0.417. The lowest BCUT2D eigenvalue weighted by Gasteiger charge is -2.13. The predicted octanol–water partition coefficient (Wildman–Crippen LogP) is 0.937. The summed E-state index contributed by atoms with van der Waals surface area (Å²) < 4.78 is 25.7. The van der Waals surface area contributed by atoms with Crippen molar-refractivity contribution in [2.75, 3.05) is 6.54 Å². The molecule has 1 saturated carbocycles. The lowest BCUT2D eigenvalue weighted by molar-refractivity contribution is -0.138. The van der Waals surface area contributed by atoms with E-state index >= 15 is 0 Å². The molecule has 5 nitrogen and oxygen atoms in total. The summed E-state index contributed by atoms with van der Waals surface area (Å²) in [7, 11) is -3.34. The molecule has 0 spiro atoms. The molecule has 1 aromatic rings. The van der Waals surface area contributed by atoms with Crippen LogP contribution < -0.4 is 4.72 Å². The Bertz CT molecular complexity index is 522. The second-order valence-electron chi connectivity index (χ2n) is 4.39. The van der Waals surface area contributed by atoms with E-state index in [9.17, 15) is 13.2 Å². The Labute approximate surface area is 106 Å². The number of carboxylic acids is 1. The summed E-state index contributed by atoms with van der Waals surface area (Å²) in [5, 5.41) is 8.81. The third-order valence-electron chi connectivity index (χ3n) is 2.95. The van der Waals surface area contributed by atoms with Crippen molar-refractivity contribution in [3.05, 3.63) is 35.9 Å². The number of hydrogen-bond donors (Lipinski definition) is 2. The lowest BCUT2D eigenvalue weighted by Crippen LogP contribution is -2.33. The normalized spacial score (nSPS) is 17.3. The average Bonchev–Trinajstić information content (AvgIpc) is 3.14. The molecule has 1 atom stereocenters. The number of carboxylic acid groups (broad SMARTS) is 1. The summed E-state index contributed by atoms with van der Waals surface area (Å²) in [6, 6.07) is 8.63. The number of hydrogen-bond acceptors (Lipinski definition) is 3. The SMILES string of the molecule is O=C(O)C(CNS(=O)(=O)C1CC1)c1ccccc1. The molecule has 1 aliphatic carbocycles. The molecule has 2 N–H and O–H groups in total. The maximum Gasteiger partial charge on any atom is 0.312 e. The Hall–Kier alpha value is -1.40. The fourth-order valence-electron chi connectivity index (χ4n) is 1.73. The molecule has 1 fully saturated rings. The first-order chi connectivity index (χ1) is 8.50. The van der Waals surface area contributed by atoms with Gasteiger partial charge in [0.2, 0.25) is 10.0 Å². The van der Waals surface area contributed by atoms with Crippen molar-refractivity contribution in [1.29, 1.82) is 0 Å². The zero-order chi connectivity index (χ0) is 13.2. The minimum absolute atomic E-state index is 0.0990. The molecular formula is C12H15NO4S. The van der Waals surface area contributed by atoms with Crippen LogP contribution in [-0.2, 0) is 14.8 Å². The highest BCUT2D eigenvalue weighted by Crippen LogP contribution is 2.27. The van der Waals surface area contributed by atoms with Crippen LogP contribution in [0, 0.1) is 0 Å². The number of aliphatic carboxylic acids is 1. The molecule has 0 heterocycles. The van der Waals surface area contributed by atoms with E-state index in [2.05, 4.69) is 4.72 Å². The van der Waals surface area contributed by atoms with Gasteiger partial charge < -0.3 is 5.11 Å². The van der Waals surface area contributed by atoms with E-state index in [1.165, 1.54) is 0 Å². The number of carbonyl (C=O) groups is 1. The van der Waals surface area contributed by atoms with E-state index < -0.39 is 21.9 Å². The van der Waals surface area contributed by atoms with Crippen LogP contribution >= 0.6 is 0 Å². The second-order valence-corrected chi connectivity index (χ2v) is 6.44. The van der Waals surface area contributed by atoms with E-state index in [1.54, 1.807) is 30.3 Å². The van der Waals surface area contributed by atoms with Gasteiger partial charge in [-0.05, 0) is 18.4 Å². The molecular weight excluding hydrogens is 254 g/mol. The zero-order valence-corrected chi connectivity index (χ0v) is 10.6. The van der Waals surface area contributed by atoms with Crippen LogP contribution in [0.25, 0.3) is 0 Å². The first-order valence-electron chi connectivity index (χ1n) is 5.77. The zero-order valence-electron chi connectivity index (χ0n) is 9.74. The average molecular weight is 269 g/mol. The van der Waals surface area contributed by atoms with Crippen LogP contribution in [0.2, 0.25) is 0 Å². The molecule has 98 valence electrons. The van der Waals surface area contributed by atoms with Gasteiger partial charge in [-0.1, -0.05) is 30.3 Å². The third kappa shape index (κ3) is 3.08. The lowest BCUT2D eigenvalue weighted by atomic mass is 10.00. The van der Waals surface area contributed by atoms with Gasteiger partial charge in [0.05, 0.1) is 11.2 Å². The summed E-state index contributed by atoms with van der Waals surface area (Å²) in [4.78, 5) is 11.2. The van der Waals surface area contributed by atoms with E-state index in [0.29, 0.717) is 18.4 Å². The smallest absolute Gasteiger partial charge is 0.312 e. The van der Waals surface area contributed by atoms with Gasteiger partial charge in [0, 0.05) is 6.54 Å². The Morgan fingerprint density at radius 2 is 1.94 bits per heavy atom. The number of rotatable bonds is 6. The van der Waals surface area contributed by atoms with E-state index in [4.69, 9.17) is 5.11 Å². The summed E-state index contributed by atoms with van der Waals surface area (Å²) in [6.45, 7) is -0.0990. The fourth-order valence-corrected chi connectivity index (χ4v) is 3.12. The van der Waals surface area contributed by atoms with Crippen LogP contribution in [0.15, 0.2) is 30.3 Å². The van der Waals surface area contributed by atoms with Crippen LogP contribution in [0.5, 0.6) is 0 Å². The largest absolute Gasteiger partial charge is 0.481 e. The van der Waals surface area contributed by atoms with Crippen molar-refractivity contribution in [1.82, 2.24) is 4.72 Å². The highest BCUT2D eigenvalue weighted by atomic mass is 32.2. The van der Waals surface area contributed by atoms with E-state index in [0.717, 1.165) is 0 Å². The van der Waals surface area contributed by atoms with Gasteiger partial charge in [-0.2, -0.15) is 0 Å². The standard InChI is InChI=1S/C12H15NO4S/c14-12(15)11(9-4-2-1-3-5-9)8-13-18(16,17)10-6-7-10/h1-5,10-11,13H,6-8H2,(H,14,15). The molecule has 2 rings (SSSR count). The highest BCUT2D eigenvalue weighted by Gasteiger charge is 2.36. The van der Waals surface area contributed by atoms with Crippen molar-refractivity contribution >= 4 is 16.0 Å². The van der Waals surface area contributed by atoms with Crippen molar-refractivity contribution in [3.63, 3.8) is 0 Å². The molecule has 0 aromatic heterocycles. The maximum absolute atomic E-state index is 11.6. The molecule has 18 heavy (non-hydrogen) atoms. The van der Waals surface area contributed by atoms with Gasteiger partial charge in [-0.25, -0.2) is 13.1 Å². The Balaban J connectivity index is 2.06. The molecule has 1 aromatic carbocycles. The molecule has 0 bridgehead atoms. The monoisotopic (exact) mass is 269 g/mol. The summed E-state index contributed by atoms with van der Waals surface area (Å²) >= 11 is 0.